The number of carbonyl (C=O) groups excluding carboxylic acids is 3. The maximum atomic E-state index is 13.3. The molecule has 7 heteroatoms. The van der Waals surface area contributed by atoms with Crippen LogP contribution in [0.2, 0.25) is 0 Å². The number of imide groups is 1. The molecule has 0 radical (unpaired) electrons. The molecule has 3 aliphatic rings. The predicted molar refractivity (Wildman–Crippen MR) is 108 cm³/mol. The minimum absolute atomic E-state index is 0.154. The zero-order valence-corrected chi connectivity index (χ0v) is 16.9. The van der Waals surface area contributed by atoms with Gasteiger partial charge < -0.3 is 10.2 Å². The number of nitrogens with one attached hydrogen (secondary N) is 1. The van der Waals surface area contributed by atoms with Gasteiger partial charge in [-0.05, 0) is 37.3 Å². The second-order valence-electron chi connectivity index (χ2n) is 8.64. The number of carbonyl (C=O) groups is 3. The van der Waals surface area contributed by atoms with Gasteiger partial charge in [0, 0.05) is 25.0 Å². The highest BCUT2D eigenvalue weighted by Crippen LogP contribution is 2.34. The van der Waals surface area contributed by atoms with E-state index in [2.05, 4.69) is 10.3 Å². The Labute approximate surface area is 171 Å². The van der Waals surface area contributed by atoms with Crippen molar-refractivity contribution in [1.82, 2.24) is 20.1 Å². The topological polar surface area (TPSA) is 82.6 Å². The van der Waals surface area contributed by atoms with Gasteiger partial charge >= 0.3 is 6.03 Å². The van der Waals surface area contributed by atoms with Gasteiger partial charge in [0.15, 0.2) is 0 Å². The molecule has 1 N–H and O–H groups in total. The van der Waals surface area contributed by atoms with Crippen LogP contribution in [0.1, 0.15) is 69.8 Å². The Bertz CT molecular complexity index is 755. The first-order valence-corrected chi connectivity index (χ1v) is 10.9. The second kappa shape index (κ2) is 8.51. The van der Waals surface area contributed by atoms with E-state index >= 15 is 0 Å². The number of hydrogen-bond acceptors (Lipinski definition) is 4. The highest BCUT2D eigenvalue weighted by molar-refractivity contribution is 6.09. The van der Waals surface area contributed by atoms with E-state index in [1.54, 1.807) is 12.4 Å². The summed E-state index contributed by atoms with van der Waals surface area (Å²) in [7, 11) is 0. The number of nitrogens with zero attached hydrogens (tertiary/aromatic N) is 3. The Hall–Kier alpha value is -2.44. The van der Waals surface area contributed by atoms with Crippen molar-refractivity contribution in [2.45, 2.75) is 82.3 Å². The number of urea groups is 1. The molecule has 1 saturated heterocycles. The fourth-order valence-corrected chi connectivity index (χ4v) is 5.04. The first-order valence-electron chi connectivity index (χ1n) is 10.9. The Morgan fingerprint density at radius 2 is 1.86 bits per heavy atom. The molecule has 2 aliphatic carbocycles. The van der Waals surface area contributed by atoms with Gasteiger partial charge in [-0.1, -0.05) is 44.6 Å². The van der Waals surface area contributed by atoms with Gasteiger partial charge in [0.1, 0.15) is 12.1 Å². The average Bonchev–Trinajstić information content (AvgIpc) is 2.97. The van der Waals surface area contributed by atoms with Crippen LogP contribution in [0, 0.1) is 0 Å². The van der Waals surface area contributed by atoms with Gasteiger partial charge in [0.2, 0.25) is 5.91 Å². The molecule has 29 heavy (non-hydrogen) atoms. The smallest absolute Gasteiger partial charge is 0.325 e. The van der Waals surface area contributed by atoms with Gasteiger partial charge in [0.25, 0.3) is 5.91 Å². The third-order valence-electron chi connectivity index (χ3n) is 6.66. The van der Waals surface area contributed by atoms with Crippen LogP contribution >= 0.6 is 0 Å². The van der Waals surface area contributed by atoms with Crippen LogP contribution in [0.15, 0.2) is 24.5 Å². The molecule has 4 amide bonds. The van der Waals surface area contributed by atoms with Crippen molar-refractivity contribution in [3.63, 3.8) is 0 Å². The van der Waals surface area contributed by atoms with E-state index in [9.17, 15) is 14.4 Å². The molecule has 7 nitrogen and oxygen atoms in total. The molecule has 4 rings (SSSR count). The van der Waals surface area contributed by atoms with Crippen molar-refractivity contribution in [3.05, 3.63) is 30.1 Å². The molecule has 1 aromatic rings. The van der Waals surface area contributed by atoms with Gasteiger partial charge in [-0.3, -0.25) is 19.5 Å². The molecule has 0 aromatic carbocycles. The minimum atomic E-state index is -0.783. The summed E-state index contributed by atoms with van der Waals surface area (Å²) in [4.78, 5) is 46.1. The maximum Gasteiger partial charge on any atom is 0.325 e. The third kappa shape index (κ3) is 4.14. The number of rotatable bonds is 5. The van der Waals surface area contributed by atoms with Crippen LogP contribution in [-0.4, -0.2) is 50.8 Å². The Kier molecular flexibility index (Phi) is 5.83. The predicted octanol–water partition coefficient (Wildman–Crippen LogP) is 3.00. The minimum Gasteiger partial charge on any atom is -0.334 e. The summed E-state index contributed by atoms with van der Waals surface area (Å²) in [5, 5.41) is 2.90. The Morgan fingerprint density at radius 3 is 2.55 bits per heavy atom. The Balaban J connectivity index is 1.49. The Morgan fingerprint density at radius 1 is 1.14 bits per heavy atom. The molecule has 3 fully saturated rings. The lowest BCUT2D eigenvalue weighted by Gasteiger charge is -2.35. The standard InChI is InChI=1S/C22H30N4O3/c27-19(16-26-20(28)22(24-21(26)29)11-5-2-6-12-22)25(18-9-3-1-4-10-18)15-17-8-7-13-23-14-17/h7-8,13-14,18H,1-6,9-12,15-16H2,(H,24,29). The van der Waals surface area contributed by atoms with E-state index in [1.165, 1.54) is 6.42 Å². The molecule has 1 spiro atoms. The molecule has 0 bridgehead atoms. The van der Waals surface area contributed by atoms with E-state index in [1.807, 2.05) is 17.0 Å². The van der Waals surface area contributed by atoms with E-state index < -0.39 is 11.6 Å². The first kappa shape index (κ1) is 19.9. The van der Waals surface area contributed by atoms with E-state index in [4.69, 9.17) is 0 Å². The molecule has 0 atom stereocenters. The highest BCUT2D eigenvalue weighted by atomic mass is 16.2. The fourth-order valence-electron chi connectivity index (χ4n) is 5.04. The van der Waals surface area contributed by atoms with Crippen LogP contribution in [0.4, 0.5) is 4.79 Å². The van der Waals surface area contributed by atoms with Crippen LogP contribution in [-0.2, 0) is 16.1 Å². The van der Waals surface area contributed by atoms with Crippen LogP contribution in [0.25, 0.3) is 0 Å². The summed E-state index contributed by atoms with van der Waals surface area (Å²) in [6, 6.07) is 3.56. The lowest BCUT2D eigenvalue weighted by molar-refractivity contribution is -0.141. The molecular formula is C22H30N4O3. The lowest BCUT2D eigenvalue weighted by Crippen LogP contribution is -2.50. The zero-order valence-electron chi connectivity index (χ0n) is 16.9. The van der Waals surface area contributed by atoms with E-state index in [0.717, 1.165) is 55.4 Å². The quantitative estimate of drug-likeness (QED) is 0.773. The molecule has 156 valence electrons. The van der Waals surface area contributed by atoms with Gasteiger partial charge in [-0.25, -0.2) is 4.79 Å². The first-order chi connectivity index (χ1) is 14.1. The number of aromatic nitrogens is 1. The van der Waals surface area contributed by atoms with Crippen molar-refractivity contribution in [2.24, 2.45) is 0 Å². The molecule has 0 unspecified atom stereocenters. The maximum absolute atomic E-state index is 13.3. The zero-order chi connectivity index (χ0) is 20.3. The summed E-state index contributed by atoms with van der Waals surface area (Å²) in [6.07, 6.45) is 13.1. The normalized spacial score (nSPS) is 22.0. The van der Waals surface area contributed by atoms with Crippen LogP contribution < -0.4 is 5.32 Å². The second-order valence-corrected chi connectivity index (χ2v) is 8.64. The third-order valence-corrected chi connectivity index (χ3v) is 6.66. The number of amides is 4. The van der Waals surface area contributed by atoms with Crippen molar-refractivity contribution in [2.75, 3.05) is 6.54 Å². The van der Waals surface area contributed by atoms with Crippen molar-refractivity contribution >= 4 is 17.8 Å². The average molecular weight is 399 g/mol. The van der Waals surface area contributed by atoms with Crippen LogP contribution in [0.3, 0.4) is 0 Å². The summed E-state index contributed by atoms with van der Waals surface area (Å²) in [5.74, 6) is -0.377. The summed E-state index contributed by atoms with van der Waals surface area (Å²) < 4.78 is 0. The van der Waals surface area contributed by atoms with Crippen molar-refractivity contribution in [1.29, 1.82) is 0 Å². The van der Waals surface area contributed by atoms with Crippen LogP contribution in [0.5, 0.6) is 0 Å². The highest BCUT2D eigenvalue weighted by Gasteiger charge is 2.51. The van der Waals surface area contributed by atoms with Gasteiger partial charge in [-0.15, -0.1) is 0 Å². The molecule has 1 aromatic heterocycles. The SMILES string of the molecule is O=C1NC2(CCCCC2)C(=O)N1CC(=O)N(Cc1cccnc1)C1CCCCC1. The lowest BCUT2D eigenvalue weighted by atomic mass is 9.82. The van der Waals surface area contributed by atoms with Crippen molar-refractivity contribution < 1.29 is 14.4 Å². The summed E-state index contributed by atoms with van der Waals surface area (Å²) in [5.41, 5.74) is 0.182. The molecule has 2 heterocycles. The molecule has 2 saturated carbocycles. The van der Waals surface area contributed by atoms with Gasteiger partial charge in [-0.2, -0.15) is 0 Å². The molecule has 1 aliphatic heterocycles. The number of pyridine rings is 1. The monoisotopic (exact) mass is 398 g/mol. The summed E-state index contributed by atoms with van der Waals surface area (Å²) >= 11 is 0. The summed E-state index contributed by atoms with van der Waals surface area (Å²) in [6.45, 7) is 0.287. The van der Waals surface area contributed by atoms with Crippen molar-refractivity contribution in [3.8, 4) is 0 Å². The molecular weight excluding hydrogens is 368 g/mol. The van der Waals surface area contributed by atoms with E-state index in [-0.39, 0.29) is 24.4 Å². The van der Waals surface area contributed by atoms with Gasteiger partial charge in [0.05, 0.1) is 0 Å². The fraction of sp³-hybridized carbons (Fsp3) is 0.636. The van der Waals surface area contributed by atoms with E-state index in [0.29, 0.717) is 19.4 Å². The largest absolute Gasteiger partial charge is 0.334 e. The number of hydrogen-bond donors (Lipinski definition) is 1.